The Morgan fingerprint density at radius 2 is 1.76 bits per heavy atom. The van der Waals surface area contributed by atoms with Crippen LogP contribution in [-0.2, 0) is 16.3 Å². The van der Waals surface area contributed by atoms with E-state index in [2.05, 4.69) is 44.8 Å². The molecule has 1 aliphatic rings. The van der Waals surface area contributed by atoms with Gasteiger partial charge in [0.1, 0.15) is 0 Å². The Kier molecular flexibility index (Phi) is 10.4. The minimum Gasteiger partial charge on any atom is -0.356 e. The summed E-state index contributed by atoms with van der Waals surface area (Å²) in [5, 5.41) is 6.60. The molecular formula is C17H29IN4O2S. The number of sulfone groups is 1. The quantitative estimate of drug-likeness (QED) is 0.265. The molecule has 0 unspecified atom stereocenters. The fourth-order valence-corrected chi connectivity index (χ4v) is 3.95. The minimum atomic E-state index is -2.80. The number of aliphatic imine (C=N–C) groups is 1. The van der Waals surface area contributed by atoms with Gasteiger partial charge in [-0.15, -0.1) is 24.0 Å². The molecule has 1 aliphatic heterocycles. The van der Waals surface area contributed by atoms with Crippen LogP contribution >= 0.6 is 24.0 Å². The SMILES string of the molecule is CN=C(NCCCc1ccccc1)NCCN1CCS(=O)(=O)CC1.I. The summed E-state index contributed by atoms with van der Waals surface area (Å²) >= 11 is 0. The molecule has 0 spiro atoms. The van der Waals surface area contributed by atoms with Crippen molar-refractivity contribution >= 4 is 39.8 Å². The van der Waals surface area contributed by atoms with Gasteiger partial charge in [0.05, 0.1) is 11.5 Å². The summed E-state index contributed by atoms with van der Waals surface area (Å²) in [5.74, 6) is 1.35. The summed E-state index contributed by atoms with van der Waals surface area (Å²) in [6, 6.07) is 10.5. The third-order valence-electron chi connectivity index (χ3n) is 4.16. The molecule has 0 aromatic heterocycles. The van der Waals surface area contributed by atoms with E-state index in [1.807, 2.05) is 6.07 Å². The summed E-state index contributed by atoms with van der Waals surface area (Å²) in [6.07, 6.45) is 2.10. The first-order chi connectivity index (χ1) is 11.6. The molecule has 8 heteroatoms. The number of aryl methyl sites for hydroxylation is 1. The second kappa shape index (κ2) is 11.7. The van der Waals surface area contributed by atoms with Crippen LogP contribution in [0.15, 0.2) is 35.3 Å². The molecule has 0 bridgehead atoms. The van der Waals surface area contributed by atoms with E-state index in [-0.39, 0.29) is 35.5 Å². The monoisotopic (exact) mass is 480 g/mol. The second-order valence-corrected chi connectivity index (χ2v) is 8.31. The van der Waals surface area contributed by atoms with Crippen LogP contribution in [0.2, 0.25) is 0 Å². The summed E-state index contributed by atoms with van der Waals surface area (Å²) < 4.78 is 22.8. The third-order valence-corrected chi connectivity index (χ3v) is 5.77. The Hall–Kier alpha value is -0.870. The van der Waals surface area contributed by atoms with Crippen molar-refractivity contribution in [2.24, 2.45) is 4.99 Å². The average molecular weight is 480 g/mol. The van der Waals surface area contributed by atoms with Gasteiger partial charge in [0.2, 0.25) is 0 Å². The maximum absolute atomic E-state index is 11.4. The predicted molar refractivity (Wildman–Crippen MR) is 115 cm³/mol. The average Bonchev–Trinajstić information content (AvgIpc) is 2.59. The molecule has 1 fully saturated rings. The van der Waals surface area contributed by atoms with Crippen LogP contribution < -0.4 is 10.6 Å². The first-order valence-corrected chi connectivity index (χ1v) is 10.3. The van der Waals surface area contributed by atoms with Gasteiger partial charge >= 0.3 is 0 Å². The number of hydrogen-bond donors (Lipinski definition) is 2. The molecule has 25 heavy (non-hydrogen) atoms. The topological polar surface area (TPSA) is 73.8 Å². The highest BCUT2D eigenvalue weighted by Gasteiger charge is 2.20. The molecule has 1 aromatic carbocycles. The van der Waals surface area contributed by atoms with E-state index in [1.165, 1.54) is 5.56 Å². The van der Waals surface area contributed by atoms with Crippen molar-refractivity contribution in [2.45, 2.75) is 12.8 Å². The van der Waals surface area contributed by atoms with E-state index < -0.39 is 9.84 Å². The number of hydrogen-bond acceptors (Lipinski definition) is 4. The van der Waals surface area contributed by atoms with Crippen molar-refractivity contribution < 1.29 is 8.42 Å². The van der Waals surface area contributed by atoms with Crippen molar-refractivity contribution in [3.8, 4) is 0 Å². The first-order valence-electron chi connectivity index (χ1n) is 8.50. The van der Waals surface area contributed by atoms with E-state index in [9.17, 15) is 8.42 Å². The Bertz CT molecular complexity index is 609. The predicted octanol–water partition coefficient (Wildman–Crippen LogP) is 1.13. The highest BCUT2D eigenvalue weighted by atomic mass is 127. The van der Waals surface area contributed by atoms with Crippen LogP contribution in [0.1, 0.15) is 12.0 Å². The van der Waals surface area contributed by atoms with Crippen LogP contribution in [-0.4, -0.2) is 70.6 Å². The highest BCUT2D eigenvalue weighted by molar-refractivity contribution is 14.0. The van der Waals surface area contributed by atoms with E-state index in [0.29, 0.717) is 13.1 Å². The lowest BCUT2D eigenvalue weighted by Crippen LogP contribution is -2.46. The van der Waals surface area contributed by atoms with Gasteiger partial charge in [-0.1, -0.05) is 30.3 Å². The zero-order chi connectivity index (χ0) is 17.3. The fraction of sp³-hybridized carbons (Fsp3) is 0.588. The Morgan fingerprint density at radius 1 is 1.12 bits per heavy atom. The summed E-state index contributed by atoms with van der Waals surface area (Å²) in [5.41, 5.74) is 1.35. The van der Waals surface area contributed by atoms with Crippen molar-refractivity contribution in [3.05, 3.63) is 35.9 Å². The zero-order valence-electron chi connectivity index (χ0n) is 14.8. The largest absolute Gasteiger partial charge is 0.356 e. The molecule has 1 aromatic rings. The van der Waals surface area contributed by atoms with Crippen LogP contribution in [0.5, 0.6) is 0 Å². The van der Waals surface area contributed by atoms with E-state index >= 15 is 0 Å². The van der Waals surface area contributed by atoms with Crippen LogP contribution in [0, 0.1) is 0 Å². The van der Waals surface area contributed by atoms with Crippen LogP contribution in [0.25, 0.3) is 0 Å². The van der Waals surface area contributed by atoms with E-state index in [0.717, 1.165) is 38.4 Å². The molecule has 142 valence electrons. The van der Waals surface area contributed by atoms with E-state index in [4.69, 9.17) is 0 Å². The van der Waals surface area contributed by atoms with Crippen molar-refractivity contribution in [3.63, 3.8) is 0 Å². The summed E-state index contributed by atoms with van der Waals surface area (Å²) in [6.45, 7) is 3.73. The van der Waals surface area contributed by atoms with Crippen LogP contribution in [0.4, 0.5) is 0 Å². The van der Waals surface area contributed by atoms with Crippen molar-refractivity contribution in [1.82, 2.24) is 15.5 Å². The number of benzene rings is 1. The Balaban J connectivity index is 0.00000312. The Morgan fingerprint density at radius 3 is 2.40 bits per heavy atom. The fourth-order valence-electron chi connectivity index (χ4n) is 2.67. The number of guanidine groups is 1. The number of halogens is 1. The molecule has 0 amide bonds. The minimum absolute atomic E-state index is 0. The standard InChI is InChI=1S/C17H28N4O2S.HI/c1-18-17(19-9-5-8-16-6-3-2-4-7-16)20-10-11-21-12-14-24(22,23)15-13-21;/h2-4,6-7H,5,8-15H2,1H3,(H2,18,19,20);1H. The van der Waals surface area contributed by atoms with Gasteiger partial charge in [-0.25, -0.2) is 8.42 Å². The lowest BCUT2D eigenvalue weighted by atomic mass is 10.1. The van der Waals surface area contributed by atoms with Gasteiger partial charge in [-0.3, -0.25) is 9.89 Å². The van der Waals surface area contributed by atoms with Gasteiger partial charge in [0.25, 0.3) is 0 Å². The highest BCUT2D eigenvalue weighted by Crippen LogP contribution is 2.03. The molecule has 2 N–H and O–H groups in total. The summed E-state index contributed by atoms with van der Waals surface area (Å²) in [7, 11) is -1.03. The van der Waals surface area contributed by atoms with Gasteiger partial charge in [-0.2, -0.15) is 0 Å². The normalized spacial score (nSPS) is 17.6. The molecular weight excluding hydrogens is 451 g/mol. The van der Waals surface area contributed by atoms with Gasteiger partial charge in [0, 0.05) is 39.8 Å². The molecule has 2 rings (SSSR count). The third kappa shape index (κ3) is 8.87. The molecule has 6 nitrogen and oxygen atoms in total. The van der Waals surface area contributed by atoms with Gasteiger partial charge < -0.3 is 10.6 Å². The number of rotatable bonds is 7. The molecule has 1 heterocycles. The zero-order valence-corrected chi connectivity index (χ0v) is 17.9. The van der Waals surface area contributed by atoms with Crippen molar-refractivity contribution in [1.29, 1.82) is 0 Å². The van der Waals surface area contributed by atoms with Gasteiger partial charge in [0.15, 0.2) is 15.8 Å². The second-order valence-electron chi connectivity index (χ2n) is 6.01. The Labute approximate surface area is 168 Å². The number of nitrogens with zero attached hydrogens (tertiary/aromatic N) is 2. The first kappa shape index (κ1) is 22.2. The maximum atomic E-state index is 11.4. The smallest absolute Gasteiger partial charge is 0.191 e. The molecule has 0 aliphatic carbocycles. The van der Waals surface area contributed by atoms with E-state index in [1.54, 1.807) is 7.05 Å². The summed E-state index contributed by atoms with van der Waals surface area (Å²) in [4.78, 5) is 6.40. The van der Waals surface area contributed by atoms with Crippen molar-refractivity contribution in [2.75, 3.05) is 51.3 Å². The van der Waals surface area contributed by atoms with Crippen LogP contribution in [0.3, 0.4) is 0 Å². The lowest BCUT2D eigenvalue weighted by molar-refractivity contribution is 0.299. The molecule has 0 saturated carbocycles. The molecule has 1 saturated heterocycles. The lowest BCUT2D eigenvalue weighted by Gasteiger charge is -2.26. The molecule has 0 atom stereocenters. The maximum Gasteiger partial charge on any atom is 0.191 e. The van der Waals surface area contributed by atoms with Gasteiger partial charge in [-0.05, 0) is 18.4 Å². The number of nitrogens with one attached hydrogen (secondary N) is 2. The molecule has 0 radical (unpaired) electrons.